The molecule has 0 heterocycles. The molecule has 0 amide bonds. The van der Waals surface area contributed by atoms with Gasteiger partial charge < -0.3 is 10.0 Å². The average molecular weight is 175 g/mol. The van der Waals surface area contributed by atoms with Crippen LogP contribution in [0.15, 0.2) is 12.3 Å². The first kappa shape index (κ1) is 10.4. The summed E-state index contributed by atoms with van der Waals surface area (Å²) < 4.78 is 0. The molecule has 1 atom stereocenters. The maximum atomic E-state index is 10.5. The van der Waals surface area contributed by atoms with Gasteiger partial charge in [-0.2, -0.15) is 12.6 Å². The minimum absolute atomic E-state index is 0.316. The van der Waals surface area contributed by atoms with Gasteiger partial charge in [-0.1, -0.05) is 6.08 Å². The molecule has 0 aliphatic carbocycles. The van der Waals surface area contributed by atoms with E-state index in [0.29, 0.717) is 5.75 Å². The molecule has 0 bridgehead atoms. The van der Waals surface area contributed by atoms with Crippen LogP contribution < -0.4 is 0 Å². The number of allylic oxidation sites excluding steroid dienone is 1. The zero-order valence-corrected chi connectivity index (χ0v) is 7.58. The first-order valence-electron chi connectivity index (χ1n) is 3.32. The molecule has 0 saturated heterocycles. The minimum atomic E-state index is -0.847. The van der Waals surface area contributed by atoms with E-state index in [9.17, 15) is 4.79 Å². The number of aliphatic carboxylic acids is 1. The lowest BCUT2D eigenvalue weighted by Crippen LogP contribution is -2.36. The Kier molecular flexibility index (Phi) is 4.77. The molecule has 0 rings (SSSR count). The van der Waals surface area contributed by atoms with E-state index in [1.165, 1.54) is 0 Å². The maximum absolute atomic E-state index is 10.5. The Bertz CT molecular complexity index is 159. The van der Waals surface area contributed by atoms with Gasteiger partial charge in [-0.15, -0.1) is 0 Å². The fourth-order valence-electron chi connectivity index (χ4n) is 0.720. The summed E-state index contributed by atoms with van der Waals surface area (Å²) in [5, 5.41) is 8.65. The first-order valence-corrected chi connectivity index (χ1v) is 3.95. The normalized spacial score (nSPS) is 13.4. The Morgan fingerprint density at radius 1 is 1.82 bits per heavy atom. The predicted octanol–water partition coefficient (Wildman–Crippen LogP) is 0.835. The molecule has 3 nitrogen and oxygen atoms in total. The fourth-order valence-corrected chi connectivity index (χ4v) is 1.13. The number of carboxylic acids is 1. The van der Waals surface area contributed by atoms with Crippen LogP contribution in [0.2, 0.25) is 0 Å². The van der Waals surface area contributed by atoms with Crippen molar-refractivity contribution in [2.24, 2.45) is 0 Å². The second kappa shape index (κ2) is 5.07. The number of hydrogen-bond donors (Lipinski definition) is 2. The van der Waals surface area contributed by atoms with Crippen molar-refractivity contribution in [3.63, 3.8) is 0 Å². The van der Waals surface area contributed by atoms with Crippen LogP contribution in [-0.2, 0) is 4.79 Å². The summed E-state index contributed by atoms with van der Waals surface area (Å²) in [4.78, 5) is 12.1. The van der Waals surface area contributed by atoms with Crippen LogP contribution in [0.1, 0.15) is 6.92 Å². The molecule has 0 aromatic rings. The lowest BCUT2D eigenvalue weighted by atomic mass is 10.3. The van der Waals surface area contributed by atoms with Crippen molar-refractivity contribution in [1.29, 1.82) is 0 Å². The molecule has 64 valence electrons. The van der Waals surface area contributed by atoms with E-state index < -0.39 is 12.0 Å². The summed E-state index contributed by atoms with van der Waals surface area (Å²) in [7, 11) is 1.72. The van der Waals surface area contributed by atoms with Crippen molar-refractivity contribution in [2.75, 3.05) is 12.8 Å². The number of thiol groups is 1. The highest BCUT2D eigenvalue weighted by atomic mass is 32.1. The van der Waals surface area contributed by atoms with Gasteiger partial charge >= 0.3 is 5.97 Å². The van der Waals surface area contributed by atoms with Crippen LogP contribution >= 0.6 is 12.6 Å². The number of likely N-dealkylation sites (N-methyl/N-ethyl adjacent to an activating group) is 1. The van der Waals surface area contributed by atoms with E-state index in [0.717, 1.165) is 0 Å². The summed E-state index contributed by atoms with van der Waals surface area (Å²) in [5.74, 6) is -0.531. The second-order valence-corrected chi connectivity index (χ2v) is 2.55. The SMILES string of the molecule is CC=CN(C)C(CS)C(=O)O. The number of nitrogens with zero attached hydrogens (tertiary/aromatic N) is 1. The molecule has 0 fully saturated rings. The molecule has 0 radical (unpaired) electrons. The summed E-state index contributed by atoms with van der Waals surface area (Å²) >= 11 is 3.93. The molecular formula is C7H13NO2S. The van der Waals surface area contributed by atoms with Crippen molar-refractivity contribution in [3.05, 3.63) is 12.3 Å². The van der Waals surface area contributed by atoms with E-state index in [1.54, 1.807) is 24.2 Å². The Labute approximate surface area is 72.1 Å². The lowest BCUT2D eigenvalue weighted by molar-refractivity contribution is -0.140. The molecule has 0 saturated carbocycles. The molecule has 0 spiro atoms. The van der Waals surface area contributed by atoms with E-state index in [-0.39, 0.29) is 0 Å². The maximum Gasteiger partial charge on any atom is 0.327 e. The Hall–Kier alpha value is -0.640. The molecular weight excluding hydrogens is 162 g/mol. The Morgan fingerprint density at radius 2 is 2.36 bits per heavy atom. The molecule has 0 aliphatic rings. The van der Waals surface area contributed by atoms with Gasteiger partial charge in [-0.3, -0.25) is 0 Å². The van der Waals surface area contributed by atoms with Gasteiger partial charge in [0.05, 0.1) is 0 Å². The van der Waals surface area contributed by atoms with E-state index in [4.69, 9.17) is 5.11 Å². The first-order chi connectivity index (χ1) is 5.13. The fraction of sp³-hybridized carbons (Fsp3) is 0.571. The van der Waals surface area contributed by atoms with Crippen LogP contribution in [0.4, 0.5) is 0 Å². The van der Waals surface area contributed by atoms with Gasteiger partial charge in [0, 0.05) is 12.8 Å². The Balaban J connectivity index is 4.13. The van der Waals surface area contributed by atoms with Gasteiger partial charge in [0.2, 0.25) is 0 Å². The van der Waals surface area contributed by atoms with Crippen LogP contribution in [0.3, 0.4) is 0 Å². The standard InChI is InChI=1S/C7H13NO2S/c1-3-4-8(2)6(5-11)7(9)10/h3-4,6,11H,5H2,1-2H3,(H,9,10). The van der Waals surface area contributed by atoms with Gasteiger partial charge in [0.25, 0.3) is 0 Å². The molecule has 0 aromatic heterocycles. The molecule has 0 aliphatic heterocycles. The van der Waals surface area contributed by atoms with Crippen molar-refractivity contribution in [2.45, 2.75) is 13.0 Å². The quantitative estimate of drug-likeness (QED) is 0.622. The summed E-state index contributed by atoms with van der Waals surface area (Å²) in [6.07, 6.45) is 3.51. The van der Waals surface area contributed by atoms with Crippen LogP contribution in [0.5, 0.6) is 0 Å². The molecule has 1 unspecified atom stereocenters. The average Bonchev–Trinajstić information content (AvgIpc) is 1.88. The molecule has 0 aromatic carbocycles. The second-order valence-electron chi connectivity index (χ2n) is 2.18. The zero-order chi connectivity index (χ0) is 8.85. The largest absolute Gasteiger partial charge is 0.480 e. The summed E-state index contributed by atoms with van der Waals surface area (Å²) in [5.41, 5.74) is 0. The minimum Gasteiger partial charge on any atom is -0.480 e. The monoisotopic (exact) mass is 175 g/mol. The smallest absolute Gasteiger partial charge is 0.327 e. The summed E-state index contributed by atoms with van der Waals surface area (Å²) in [6, 6.07) is -0.533. The molecule has 11 heavy (non-hydrogen) atoms. The van der Waals surface area contributed by atoms with Crippen molar-refractivity contribution >= 4 is 18.6 Å². The number of carboxylic acid groups (broad SMARTS) is 1. The van der Waals surface area contributed by atoms with Gasteiger partial charge in [-0.05, 0) is 13.1 Å². The zero-order valence-electron chi connectivity index (χ0n) is 6.69. The van der Waals surface area contributed by atoms with Gasteiger partial charge in [0.1, 0.15) is 6.04 Å². The van der Waals surface area contributed by atoms with Crippen molar-refractivity contribution < 1.29 is 9.90 Å². The van der Waals surface area contributed by atoms with Crippen LogP contribution in [0.25, 0.3) is 0 Å². The predicted molar refractivity (Wildman–Crippen MR) is 47.9 cm³/mol. The van der Waals surface area contributed by atoms with Crippen molar-refractivity contribution in [1.82, 2.24) is 4.90 Å². The third-order valence-corrected chi connectivity index (χ3v) is 1.68. The number of carbonyl (C=O) groups is 1. The van der Waals surface area contributed by atoms with E-state index in [2.05, 4.69) is 12.6 Å². The third-order valence-electron chi connectivity index (χ3n) is 1.33. The number of rotatable bonds is 4. The van der Waals surface area contributed by atoms with E-state index in [1.807, 2.05) is 6.92 Å². The third kappa shape index (κ3) is 3.32. The van der Waals surface area contributed by atoms with Gasteiger partial charge in [0.15, 0.2) is 0 Å². The molecule has 4 heteroatoms. The highest BCUT2D eigenvalue weighted by molar-refractivity contribution is 7.80. The Morgan fingerprint density at radius 3 is 2.64 bits per heavy atom. The highest BCUT2D eigenvalue weighted by Gasteiger charge is 2.17. The van der Waals surface area contributed by atoms with Crippen LogP contribution in [-0.4, -0.2) is 34.8 Å². The van der Waals surface area contributed by atoms with Gasteiger partial charge in [-0.25, -0.2) is 4.79 Å². The van der Waals surface area contributed by atoms with Crippen molar-refractivity contribution in [3.8, 4) is 0 Å². The highest BCUT2D eigenvalue weighted by Crippen LogP contribution is 1.99. The topological polar surface area (TPSA) is 40.5 Å². The number of hydrogen-bond acceptors (Lipinski definition) is 3. The summed E-state index contributed by atoms with van der Waals surface area (Å²) in [6.45, 7) is 1.84. The van der Waals surface area contributed by atoms with E-state index >= 15 is 0 Å². The lowest BCUT2D eigenvalue weighted by Gasteiger charge is -2.20. The van der Waals surface area contributed by atoms with Crippen LogP contribution in [0, 0.1) is 0 Å². The molecule has 1 N–H and O–H groups in total.